The van der Waals surface area contributed by atoms with Crippen molar-refractivity contribution < 1.29 is 20.1 Å². The van der Waals surface area contributed by atoms with Gasteiger partial charge in [0.2, 0.25) is 5.91 Å². The van der Waals surface area contributed by atoms with Gasteiger partial charge in [-0.3, -0.25) is 4.79 Å². The van der Waals surface area contributed by atoms with E-state index in [1.54, 1.807) is 13.0 Å². The van der Waals surface area contributed by atoms with Crippen LogP contribution in [0.1, 0.15) is 12.5 Å². The minimum absolute atomic E-state index is 0.146. The number of aliphatic hydroxyl groups is 1. The zero-order valence-corrected chi connectivity index (χ0v) is 10.1. The molecule has 6 N–H and O–H groups in total. The fraction of sp³-hybridized carbons (Fsp3) is 0.417. The van der Waals surface area contributed by atoms with Crippen LogP contribution in [0.4, 0.5) is 0 Å². The van der Waals surface area contributed by atoms with E-state index in [-0.39, 0.29) is 30.4 Å². The maximum Gasteiger partial charge on any atom is 0.237 e. The monoisotopic (exact) mass is 254 g/mol. The summed E-state index contributed by atoms with van der Waals surface area (Å²) in [6.45, 7) is 1.71. The predicted octanol–water partition coefficient (Wildman–Crippen LogP) is -0.535. The van der Waals surface area contributed by atoms with E-state index in [4.69, 9.17) is 15.9 Å². The normalized spacial score (nSPS) is 13.9. The molecule has 18 heavy (non-hydrogen) atoms. The number of nitrogens with two attached hydrogens (primary N) is 1. The van der Waals surface area contributed by atoms with Gasteiger partial charge < -0.3 is 26.4 Å². The molecule has 0 spiro atoms. The number of aromatic hydroxyl groups is 2. The lowest BCUT2D eigenvalue weighted by atomic mass is 10.1. The van der Waals surface area contributed by atoms with Gasteiger partial charge in [-0.25, -0.2) is 0 Å². The number of carbonyl (C=O) groups excluding carboxylic acids is 1. The molecule has 0 radical (unpaired) electrons. The molecule has 0 saturated carbocycles. The Morgan fingerprint density at radius 3 is 2.61 bits per heavy atom. The van der Waals surface area contributed by atoms with Crippen molar-refractivity contribution in [3.63, 3.8) is 0 Å². The summed E-state index contributed by atoms with van der Waals surface area (Å²) in [5.74, 6) is -0.835. The molecule has 0 heterocycles. The van der Waals surface area contributed by atoms with Crippen LogP contribution in [0.3, 0.4) is 0 Å². The molecular formula is C12H18N2O4. The molecule has 0 saturated heterocycles. The average molecular weight is 254 g/mol. The maximum absolute atomic E-state index is 11.5. The molecule has 1 rings (SSSR count). The third-order valence-electron chi connectivity index (χ3n) is 2.40. The summed E-state index contributed by atoms with van der Waals surface area (Å²) >= 11 is 0. The Hall–Kier alpha value is -1.79. The van der Waals surface area contributed by atoms with E-state index < -0.39 is 12.1 Å². The molecule has 0 aliphatic heterocycles. The van der Waals surface area contributed by atoms with E-state index in [1.807, 2.05) is 0 Å². The smallest absolute Gasteiger partial charge is 0.237 e. The number of benzene rings is 1. The van der Waals surface area contributed by atoms with Crippen LogP contribution in [0.5, 0.6) is 11.5 Å². The molecule has 100 valence electrons. The van der Waals surface area contributed by atoms with Crippen molar-refractivity contribution in [3.8, 4) is 11.5 Å². The second-order valence-electron chi connectivity index (χ2n) is 4.23. The van der Waals surface area contributed by atoms with E-state index >= 15 is 0 Å². The summed E-state index contributed by atoms with van der Waals surface area (Å²) in [6, 6.07) is 3.51. The fourth-order valence-corrected chi connectivity index (χ4v) is 1.42. The second-order valence-corrected chi connectivity index (χ2v) is 4.23. The summed E-state index contributed by atoms with van der Waals surface area (Å²) in [4.78, 5) is 11.5. The SMILES string of the molecule is C[C@@H](O)CNC(=O)[C@@H](N)Cc1ccc(O)c(O)c1. The Balaban J connectivity index is 2.55. The van der Waals surface area contributed by atoms with Crippen LogP contribution in [0, 0.1) is 0 Å². The zero-order valence-electron chi connectivity index (χ0n) is 10.1. The number of hydrogen-bond acceptors (Lipinski definition) is 5. The van der Waals surface area contributed by atoms with Crippen molar-refractivity contribution in [3.05, 3.63) is 23.8 Å². The molecule has 1 aromatic rings. The molecule has 0 aromatic heterocycles. The Morgan fingerprint density at radius 1 is 1.39 bits per heavy atom. The number of phenolic OH excluding ortho intramolecular Hbond substituents is 2. The van der Waals surface area contributed by atoms with Gasteiger partial charge in [0.05, 0.1) is 12.1 Å². The Bertz CT molecular complexity index is 421. The van der Waals surface area contributed by atoms with Gasteiger partial charge in [-0.05, 0) is 31.0 Å². The molecule has 0 fully saturated rings. The highest BCUT2D eigenvalue weighted by atomic mass is 16.3. The topological polar surface area (TPSA) is 116 Å². The van der Waals surface area contributed by atoms with Gasteiger partial charge >= 0.3 is 0 Å². The molecule has 0 aliphatic carbocycles. The summed E-state index contributed by atoms with van der Waals surface area (Å²) in [5.41, 5.74) is 6.33. The summed E-state index contributed by atoms with van der Waals surface area (Å²) in [6.07, 6.45) is -0.390. The first-order valence-corrected chi connectivity index (χ1v) is 5.62. The van der Waals surface area contributed by atoms with Gasteiger partial charge in [0.1, 0.15) is 0 Å². The molecule has 0 bridgehead atoms. The molecule has 0 aliphatic rings. The molecule has 2 atom stereocenters. The Labute approximate surface area is 105 Å². The van der Waals surface area contributed by atoms with Crippen LogP contribution in [-0.4, -0.2) is 39.9 Å². The van der Waals surface area contributed by atoms with Gasteiger partial charge in [-0.1, -0.05) is 6.07 Å². The van der Waals surface area contributed by atoms with E-state index in [2.05, 4.69) is 5.32 Å². The molecule has 6 nitrogen and oxygen atoms in total. The molecule has 1 amide bonds. The van der Waals surface area contributed by atoms with E-state index in [1.165, 1.54) is 12.1 Å². The van der Waals surface area contributed by atoms with Crippen LogP contribution >= 0.6 is 0 Å². The molecule has 0 unspecified atom stereocenters. The standard InChI is InChI=1S/C12H18N2O4/c1-7(15)6-14-12(18)9(13)4-8-2-3-10(16)11(17)5-8/h2-3,5,7,9,15-17H,4,6,13H2,1H3,(H,14,18)/t7-,9+/m1/s1. The van der Waals surface area contributed by atoms with E-state index in [0.717, 1.165) is 0 Å². The van der Waals surface area contributed by atoms with Gasteiger partial charge in [0.15, 0.2) is 11.5 Å². The van der Waals surface area contributed by atoms with Crippen molar-refractivity contribution >= 4 is 5.91 Å². The third kappa shape index (κ3) is 4.23. The minimum atomic E-state index is -0.771. The predicted molar refractivity (Wildman–Crippen MR) is 66.1 cm³/mol. The largest absolute Gasteiger partial charge is 0.504 e. The number of rotatable bonds is 5. The van der Waals surface area contributed by atoms with Crippen LogP contribution in [0.15, 0.2) is 18.2 Å². The van der Waals surface area contributed by atoms with Crippen LogP contribution in [0.25, 0.3) is 0 Å². The van der Waals surface area contributed by atoms with Crippen molar-refractivity contribution in [2.75, 3.05) is 6.54 Å². The number of phenols is 2. The summed E-state index contributed by atoms with van der Waals surface area (Å²) < 4.78 is 0. The quantitative estimate of drug-likeness (QED) is 0.453. The zero-order chi connectivity index (χ0) is 13.7. The van der Waals surface area contributed by atoms with Gasteiger partial charge in [0.25, 0.3) is 0 Å². The van der Waals surface area contributed by atoms with Crippen molar-refractivity contribution in [1.29, 1.82) is 0 Å². The third-order valence-corrected chi connectivity index (χ3v) is 2.40. The molecular weight excluding hydrogens is 236 g/mol. The first kappa shape index (κ1) is 14.3. The van der Waals surface area contributed by atoms with E-state index in [9.17, 15) is 9.90 Å². The van der Waals surface area contributed by atoms with Crippen molar-refractivity contribution in [1.82, 2.24) is 5.32 Å². The van der Waals surface area contributed by atoms with Crippen LogP contribution < -0.4 is 11.1 Å². The number of carbonyl (C=O) groups is 1. The van der Waals surface area contributed by atoms with Gasteiger partial charge in [-0.15, -0.1) is 0 Å². The van der Waals surface area contributed by atoms with Gasteiger partial charge in [-0.2, -0.15) is 0 Å². The highest BCUT2D eigenvalue weighted by Crippen LogP contribution is 2.25. The second kappa shape index (κ2) is 6.23. The lowest BCUT2D eigenvalue weighted by Crippen LogP contribution is -2.44. The first-order chi connectivity index (χ1) is 8.40. The minimum Gasteiger partial charge on any atom is -0.504 e. The molecule has 1 aromatic carbocycles. The highest BCUT2D eigenvalue weighted by Gasteiger charge is 2.15. The number of hydrogen-bond donors (Lipinski definition) is 5. The maximum atomic E-state index is 11.5. The highest BCUT2D eigenvalue weighted by molar-refractivity contribution is 5.81. The number of amides is 1. The first-order valence-electron chi connectivity index (χ1n) is 5.62. The summed E-state index contributed by atoms with van der Waals surface area (Å²) in [5, 5.41) is 30.0. The van der Waals surface area contributed by atoms with Crippen molar-refractivity contribution in [2.24, 2.45) is 5.73 Å². The van der Waals surface area contributed by atoms with Gasteiger partial charge in [0, 0.05) is 6.54 Å². The Morgan fingerprint density at radius 2 is 2.06 bits per heavy atom. The van der Waals surface area contributed by atoms with E-state index in [0.29, 0.717) is 5.56 Å². The molecule has 6 heteroatoms. The Kier molecular flexibility index (Phi) is 4.94. The van der Waals surface area contributed by atoms with Crippen LogP contribution in [0.2, 0.25) is 0 Å². The number of nitrogens with one attached hydrogen (secondary N) is 1. The van der Waals surface area contributed by atoms with Crippen molar-refractivity contribution in [2.45, 2.75) is 25.5 Å². The average Bonchev–Trinajstić information content (AvgIpc) is 2.30. The van der Waals surface area contributed by atoms with Crippen LogP contribution in [-0.2, 0) is 11.2 Å². The lowest BCUT2D eigenvalue weighted by Gasteiger charge is -2.13. The number of aliphatic hydroxyl groups excluding tert-OH is 1. The lowest BCUT2D eigenvalue weighted by molar-refractivity contribution is -0.122. The fourth-order valence-electron chi connectivity index (χ4n) is 1.42. The summed E-state index contributed by atoms with van der Waals surface area (Å²) in [7, 11) is 0.